The Hall–Kier alpha value is -3.45. The smallest absolute Gasteiger partial charge is 0.300 e. The minimum Gasteiger partial charge on any atom is -0.481 e. The number of carbonyl (C=O) groups is 1. The van der Waals surface area contributed by atoms with Crippen LogP contribution in [0.15, 0.2) is 53.3 Å². The summed E-state index contributed by atoms with van der Waals surface area (Å²) in [6.45, 7) is 4.59. The summed E-state index contributed by atoms with van der Waals surface area (Å²) >= 11 is 0. The zero-order valence-corrected chi connectivity index (χ0v) is 16.5. The predicted molar refractivity (Wildman–Crippen MR) is 115 cm³/mol. The molecule has 4 N–H and O–H groups in total. The molecular formula is C22H24N4O3. The maximum Gasteiger partial charge on any atom is 0.300 e. The maximum atomic E-state index is 12.7. The molecule has 0 aliphatic carbocycles. The highest BCUT2D eigenvalue weighted by Gasteiger charge is 2.19. The molecule has 4 rings (SSSR count). The SMILES string of the molecule is CC(=O)O.Cc1c(-c2nc3ccccc3[nH]c2=O)c2ccccc2n1CCCN. The van der Waals surface area contributed by atoms with Crippen LogP contribution in [0.4, 0.5) is 0 Å². The number of H-pyrrole nitrogens is 1. The first kappa shape index (κ1) is 20.3. The molecule has 29 heavy (non-hydrogen) atoms. The summed E-state index contributed by atoms with van der Waals surface area (Å²) < 4.78 is 2.23. The normalized spacial score (nSPS) is 10.7. The van der Waals surface area contributed by atoms with Gasteiger partial charge >= 0.3 is 0 Å². The van der Waals surface area contributed by atoms with E-state index in [4.69, 9.17) is 15.6 Å². The molecule has 0 aliphatic heterocycles. The number of aromatic amines is 1. The summed E-state index contributed by atoms with van der Waals surface area (Å²) in [4.78, 5) is 29.3. The number of para-hydroxylation sites is 3. The highest BCUT2D eigenvalue weighted by molar-refractivity contribution is 5.97. The fourth-order valence-electron chi connectivity index (χ4n) is 3.47. The second-order valence-corrected chi connectivity index (χ2v) is 6.72. The van der Waals surface area contributed by atoms with Crippen LogP contribution < -0.4 is 11.3 Å². The summed E-state index contributed by atoms with van der Waals surface area (Å²) in [5, 5.41) is 8.46. The lowest BCUT2D eigenvalue weighted by Gasteiger charge is -2.08. The third kappa shape index (κ3) is 4.20. The average molecular weight is 392 g/mol. The third-order valence-corrected chi connectivity index (χ3v) is 4.65. The zero-order valence-electron chi connectivity index (χ0n) is 16.5. The van der Waals surface area contributed by atoms with Gasteiger partial charge in [0, 0.05) is 35.6 Å². The molecule has 0 fully saturated rings. The Morgan fingerprint density at radius 1 is 1.17 bits per heavy atom. The predicted octanol–water partition coefficient (Wildman–Crippen LogP) is 3.29. The minimum atomic E-state index is -0.833. The van der Waals surface area contributed by atoms with Crippen LogP contribution in [0.5, 0.6) is 0 Å². The van der Waals surface area contributed by atoms with Gasteiger partial charge in [-0.05, 0) is 38.1 Å². The number of nitrogens with one attached hydrogen (secondary N) is 1. The van der Waals surface area contributed by atoms with Crippen LogP contribution in [0.25, 0.3) is 33.2 Å². The van der Waals surface area contributed by atoms with Crippen molar-refractivity contribution in [2.75, 3.05) is 6.54 Å². The molecule has 0 aliphatic rings. The highest BCUT2D eigenvalue weighted by Crippen LogP contribution is 2.32. The molecule has 7 nitrogen and oxygen atoms in total. The first-order valence-electron chi connectivity index (χ1n) is 9.41. The molecule has 0 radical (unpaired) electrons. The largest absolute Gasteiger partial charge is 0.481 e. The van der Waals surface area contributed by atoms with Crippen molar-refractivity contribution < 1.29 is 9.90 Å². The van der Waals surface area contributed by atoms with Gasteiger partial charge in [0.25, 0.3) is 11.5 Å². The Kier molecular flexibility index (Phi) is 6.09. The topological polar surface area (TPSA) is 114 Å². The van der Waals surface area contributed by atoms with Crippen molar-refractivity contribution in [1.29, 1.82) is 0 Å². The number of carboxylic acid groups (broad SMARTS) is 1. The number of nitrogens with two attached hydrogens (primary N) is 1. The monoisotopic (exact) mass is 392 g/mol. The van der Waals surface area contributed by atoms with Crippen molar-refractivity contribution in [3.63, 3.8) is 0 Å². The number of aliphatic carboxylic acids is 1. The number of benzene rings is 2. The van der Waals surface area contributed by atoms with Crippen molar-refractivity contribution >= 4 is 27.9 Å². The van der Waals surface area contributed by atoms with E-state index in [0.29, 0.717) is 12.2 Å². The van der Waals surface area contributed by atoms with Gasteiger partial charge in [0.15, 0.2) is 0 Å². The lowest BCUT2D eigenvalue weighted by Crippen LogP contribution is -2.12. The molecular weight excluding hydrogens is 368 g/mol. The number of aryl methyl sites for hydroxylation is 1. The minimum absolute atomic E-state index is 0.163. The first-order valence-corrected chi connectivity index (χ1v) is 9.41. The van der Waals surface area contributed by atoms with Gasteiger partial charge in [-0.25, -0.2) is 4.98 Å². The average Bonchev–Trinajstić information content (AvgIpc) is 2.96. The van der Waals surface area contributed by atoms with Crippen molar-refractivity contribution in [1.82, 2.24) is 14.5 Å². The van der Waals surface area contributed by atoms with Crippen molar-refractivity contribution in [3.8, 4) is 11.3 Å². The van der Waals surface area contributed by atoms with E-state index in [-0.39, 0.29) is 5.56 Å². The van der Waals surface area contributed by atoms with Crippen LogP contribution >= 0.6 is 0 Å². The van der Waals surface area contributed by atoms with Gasteiger partial charge in [-0.2, -0.15) is 0 Å². The highest BCUT2D eigenvalue weighted by atomic mass is 16.4. The number of fused-ring (bicyclic) bond motifs is 2. The van der Waals surface area contributed by atoms with E-state index in [1.807, 2.05) is 49.4 Å². The van der Waals surface area contributed by atoms with Gasteiger partial charge in [0.2, 0.25) is 0 Å². The number of hydrogen-bond donors (Lipinski definition) is 3. The maximum absolute atomic E-state index is 12.7. The molecule has 0 atom stereocenters. The van der Waals surface area contributed by atoms with Crippen molar-refractivity contribution in [2.45, 2.75) is 26.8 Å². The number of aromatic nitrogens is 3. The molecule has 150 valence electrons. The number of carboxylic acids is 1. The van der Waals surface area contributed by atoms with Gasteiger partial charge in [0.1, 0.15) is 5.69 Å². The van der Waals surface area contributed by atoms with E-state index in [1.165, 1.54) is 0 Å². The molecule has 2 aromatic heterocycles. The quantitative estimate of drug-likeness (QED) is 0.493. The Balaban J connectivity index is 0.000000552. The summed E-state index contributed by atoms with van der Waals surface area (Å²) in [5.74, 6) is -0.833. The fraction of sp³-hybridized carbons (Fsp3) is 0.227. The van der Waals surface area contributed by atoms with E-state index in [0.717, 1.165) is 53.1 Å². The van der Waals surface area contributed by atoms with Gasteiger partial charge in [-0.1, -0.05) is 30.3 Å². The van der Waals surface area contributed by atoms with Crippen LogP contribution in [0.3, 0.4) is 0 Å². The van der Waals surface area contributed by atoms with Gasteiger partial charge < -0.3 is 20.4 Å². The molecule has 0 bridgehead atoms. The molecule has 7 heteroatoms. The van der Waals surface area contributed by atoms with E-state index >= 15 is 0 Å². The zero-order chi connectivity index (χ0) is 21.0. The van der Waals surface area contributed by atoms with E-state index in [9.17, 15) is 4.79 Å². The van der Waals surface area contributed by atoms with Crippen LogP contribution in [0.1, 0.15) is 19.0 Å². The van der Waals surface area contributed by atoms with Crippen molar-refractivity contribution in [2.24, 2.45) is 5.73 Å². The second-order valence-electron chi connectivity index (χ2n) is 6.72. The molecule has 0 spiro atoms. The second kappa shape index (κ2) is 8.70. The number of rotatable bonds is 4. The van der Waals surface area contributed by atoms with Crippen LogP contribution in [0.2, 0.25) is 0 Å². The molecule has 0 saturated heterocycles. The summed E-state index contributed by atoms with van der Waals surface area (Å²) in [5.41, 5.74) is 10.6. The lowest BCUT2D eigenvalue weighted by molar-refractivity contribution is -0.134. The van der Waals surface area contributed by atoms with E-state index in [1.54, 1.807) is 0 Å². The van der Waals surface area contributed by atoms with Crippen LogP contribution in [-0.4, -0.2) is 32.2 Å². The standard InChI is InChI=1S/C20H20N4O.C2H4O2/c1-13-18(14-7-2-5-10-17(14)24(13)12-6-11-21)19-20(25)23-16-9-4-3-8-15(16)22-19;1-2(3)4/h2-5,7-10H,6,11-12,21H2,1H3,(H,23,25);1H3,(H,3,4). The Labute approximate surface area is 167 Å². The van der Waals surface area contributed by atoms with Crippen LogP contribution in [0, 0.1) is 6.92 Å². The first-order chi connectivity index (χ1) is 13.9. The van der Waals surface area contributed by atoms with Gasteiger partial charge in [0.05, 0.1) is 11.0 Å². The Morgan fingerprint density at radius 3 is 2.55 bits per heavy atom. The molecule has 0 unspecified atom stereocenters. The summed E-state index contributed by atoms with van der Waals surface area (Å²) in [7, 11) is 0. The Morgan fingerprint density at radius 2 is 1.83 bits per heavy atom. The summed E-state index contributed by atoms with van der Waals surface area (Å²) in [6, 6.07) is 15.7. The molecule has 4 aromatic rings. The molecule has 2 aromatic carbocycles. The number of hydrogen-bond acceptors (Lipinski definition) is 4. The lowest BCUT2D eigenvalue weighted by atomic mass is 10.1. The molecule has 0 saturated carbocycles. The van der Waals surface area contributed by atoms with E-state index in [2.05, 4.69) is 20.6 Å². The van der Waals surface area contributed by atoms with E-state index < -0.39 is 5.97 Å². The van der Waals surface area contributed by atoms with Crippen molar-refractivity contribution in [3.05, 3.63) is 64.6 Å². The Bertz CT molecular complexity index is 1220. The number of nitrogens with zero attached hydrogens (tertiary/aromatic N) is 2. The van der Waals surface area contributed by atoms with Crippen LogP contribution in [-0.2, 0) is 11.3 Å². The molecule has 2 heterocycles. The van der Waals surface area contributed by atoms with Gasteiger partial charge in [-0.15, -0.1) is 0 Å². The third-order valence-electron chi connectivity index (χ3n) is 4.65. The summed E-state index contributed by atoms with van der Waals surface area (Å²) in [6.07, 6.45) is 0.889. The fourth-order valence-corrected chi connectivity index (χ4v) is 3.47. The molecule has 0 amide bonds. The van der Waals surface area contributed by atoms with Gasteiger partial charge in [-0.3, -0.25) is 9.59 Å².